The number of hydrogen-bond donors (Lipinski definition) is 1. The van der Waals surface area contributed by atoms with E-state index in [1.54, 1.807) is 13.0 Å². The first-order valence-corrected chi connectivity index (χ1v) is 9.64. The summed E-state index contributed by atoms with van der Waals surface area (Å²) in [6.45, 7) is 4.29. The highest BCUT2D eigenvalue weighted by Gasteiger charge is 2.32. The van der Waals surface area contributed by atoms with Crippen molar-refractivity contribution in [1.82, 2.24) is 0 Å². The van der Waals surface area contributed by atoms with Gasteiger partial charge in [0, 0.05) is 5.25 Å². The van der Waals surface area contributed by atoms with Crippen LogP contribution in [0.25, 0.3) is 0 Å². The first kappa shape index (κ1) is 18.8. The van der Waals surface area contributed by atoms with E-state index in [0.29, 0.717) is 12.2 Å². The van der Waals surface area contributed by atoms with Crippen molar-refractivity contribution in [3.8, 4) is 0 Å². The van der Waals surface area contributed by atoms with E-state index in [9.17, 15) is 14.7 Å². The molecule has 1 aliphatic rings. The molecular weight excluding hydrogens is 324 g/mol. The van der Waals surface area contributed by atoms with Crippen LogP contribution in [0.4, 0.5) is 4.79 Å². The molecule has 1 fully saturated rings. The Kier molecular flexibility index (Phi) is 7.16. The van der Waals surface area contributed by atoms with Crippen molar-refractivity contribution in [2.45, 2.75) is 63.5 Å². The van der Waals surface area contributed by atoms with Crippen LogP contribution in [0, 0.1) is 0 Å². The van der Waals surface area contributed by atoms with Crippen molar-refractivity contribution in [3.63, 3.8) is 0 Å². The van der Waals surface area contributed by atoms with Gasteiger partial charge in [-0.15, -0.1) is 0 Å². The molecule has 4 nitrogen and oxygen atoms in total. The van der Waals surface area contributed by atoms with E-state index in [0.717, 1.165) is 44.1 Å². The lowest BCUT2D eigenvalue weighted by atomic mass is 9.80. The summed E-state index contributed by atoms with van der Waals surface area (Å²) in [5.74, 6) is -0.797. The van der Waals surface area contributed by atoms with Crippen molar-refractivity contribution in [2.75, 3.05) is 6.61 Å². The van der Waals surface area contributed by atoms with E-state index in [-0.39, 0.29) is 16.5 Å². The first-order valence-electron chi connectivity index (χ1n) is 8.76. The Balaban J connectivity index is 2.32. The summed E-state index contributed by atoms with van der Waals surface area (Å²) in [7, 11) is 0. The molecule has 0 aromatic heterocycles. The summed E-state index contributed by atoms with van der Waals surface area (Å²) in [4.78, 5) is 23.6. The van der Waals surface area contributed by atoms with Crippen molar-refractivity contribution < 1.29 is 19.4 Å². The Morgan fingerprint density at radius 3 is 2.67 bits per heavy atom. The number of carbonyl (C=O) groups is 2. The maximum absolute atomic E-state index is 11.9. The smallest absolute Gasteiger partial charge is 0.367 e. The molecule has 1 aliphatic carbocycles. The minimum Gasteiger partial charge on any atom is -0.478 e. The maximum Gasteiger partial charge on any atom is 0.367 e. The SMILES string of the molecule is CCCc1ccc(C(=O)O)c(C2CCCCC2SC(=O)OCC)c1. The maximum atomic E-state index is 11.9. The lowest BCUT2D eigenvalue weighted by Gasteiger charge is -2.31. The second kappa shape index (κ2) is 9.11. The third-order valence-electron chi connectivity index (χ3n) is 4.50. The fraction of sp³-hybridized carbons (Fsp3) is 0.579. The van der Waals surface area contributed by atoms with Crippen molar-refractivity contribution in [3.05, 3.63) is 34.9 Å². The monoisotopic (exact) mass is 350 g/mol. The molecule has 0 heterocycles. The number of carbonyl (C=O) groups excluding carboxylic acids is 1. The van der Waals surface area contributed by atoms with Gasteiger partial charge in [-0.05, 0) is 61.1 Å². The largest absolute Gasteiger partial charge is 0.478 e. The first-order chi connectivity index (χ1) is 11.6. The Morgan fingerprint density at radius 2 is 2.00 bits per heavy atom. The Bertz CT molecular complexity index is 585. The zero-order chi connectivity index (χ0) is 17.5. The number of rotatable bonds is 6. The zero-order valence-electron chi connectivity index (χ0n) is 14.4. The molecule has 0 aliphatic heterocycles. The van der Waals surface area contributed by atoms with Gasteiger partial charge in [-0.25, -0.2) is 9.59 Å². The average Bonchev–Trinajstić information content (AvgIpc) is 2.55. The molecule has 0 radical (unpaired) electrons. The number of ether oxygens (including phenoxy) is 1. The van der Waals surface area contributed by atoms with Crippen LogP contribution in [0.2, 0.25) is 0 Å². The molecule has 1 N–H and O–H groups in total. The molecule has 1 aromatic carbocycles. The van der Waals surface area contributed by atoms with E-state index in [4.69, 9.17) is 4.74 Å². The normalized spacial score (nSPS) is 20.6. The summed E-state index contributed by atoms with van der Waals surface area (Å²) in [5, 5.41) is 9.41. The minimum atomic E-state index is -0.890. The molecule has 1 aromatic rings. The molecule has 0 spiro atoms. The number of benzene rings is 1. The topological polar surface area (TPSA) is 63.6 Å². The molecule has 2 unspecified atom stereocenters. The summed E-state index contributed by atoms with van der Waals surface area (Å²) in [6, 6.07) is 5.68. The zero-order valence-corrected chi connectivity index (χ0v) is 15.2. The predicted octanol–water partition coefficient (Wildman–Crippen LogP) is 5.25. The highest BCUT2D eigenvalue weighted by molar-refractivity contribution is 8.13. The van der Waals surface area contributed by atoms with Crippen molar-refractivity contribution >= 4 is 23.0 Å². The predicted molar refractivity (Wildman–Crippen MR) is 97.0 cm³/mol. The second-order valence-corrected chi connectivity index (χ2v) is 7.38. The number of aromatic carboxylic acids is 1. The molecule has 0 saturated heterocycles. The molecule has 0 bridgehead atoms. The van der Waals surface area contributed by atoms with Gasteiger partial charge in [0.15, 0.2) is 0 Å². The van der Waals surface area contributed by atoms with Crippen LogP contribution in [0.3, 0.4) is 0 Å². The molecule has 5 heteroatoms. The highest BCUT2D eigenvalue weighted by atomic mass is 32.2. The van der Waals surface area contributed by atoms with Crippen LogP contribution in [0.1, 0.15) is 73.4 Å². The Labute approximate surface area is 148 Å². The van der Waals surface area contributed by atoms with Crippen LogP contribution in [-0.2, 0) is 11.2 Å². The van der Waals surface area contributed by atoms with Gasteiger partial charge in [-0.1, -0.05) is 38.3 Å². The quantitative estimate of drug-likeness (QED) is 0.710. The molecule has 1 saturated carbocycles. The van der Waals surface area contributed by atoms with Gasteiger partial charge in [0.05, 0.1) is 12.2 Å². The summed E-state index contributed by atoms with van der Waals surface area (Å²) in [5.41, 5.74) is 2.43. The van der Waals surface area contributed by atoms with E-state index in [2.05, 4.69) is 6.92 Å². The number of thioether (sulfide) groups is 1. The second-order valence-electron chi connectivity index (χ2n) is 6.21. The third kappa shape index (κ3) is 4.76. The van der Waals surface area contributed by atoms with Crippen LogP contribution < -0.4 is 0 Å². The van der Waals surface area contributed by atoms with E-state index < -0.39 is 5.97 Å². The standard InChI is InChI=1S/C19H26O4S/c1-3-7-13-10-11-15(18(20)21)16(12-13)14-8-5-6-9-17(14)24-19(22)23-4-2/h10-12,14,17H,3-9H2,1-2H3,(H,20,21). The third-order valence-corrected chi connectivity index (χ3v) is 5.67. The molecular formula is C19H26O4S. The van der Waals surface area contributed by atoms with Gasteiger partial charge in [0.2, 0.25) is 0 Å². The van der Waals surface area contributed by atoms with Gasteiger partial charge in [0.1, 0.15) is 0 Å². The average molecular weight is 350 g/mol. The lowest BCUT2D eigenvalue weighted by molar-refractivity contribution is 0.0695. The molecule has 132 valence electrons. The highest BCUT2D eigenvalue weighted by Crippen LogP contribution is 2.42. The van der Waals surface area contributed by atoms with Crippen molar-refractivity contribution in [2.24, 2.45) is 0 Å². The van der Waals surface area contributed by atoms with Crippen molar-refractivity contribution in [1.29, 1.82) is 0 Å². The van der Waals surface area contributed by atoms with Gasteiger partial charge < -0.3 is 9.84 Å². The molecule has 24 heavy (non-hydrogen) atoms. The van der Waals surface area contributed by atoms with Crippen LogP contribution in [-0.4, -0.2) is 28.2 Å². The molecule has 0 amide bonds. The van der Waals surface area contributed by atoms with Gasteiger partial charge >= 0.3 is 11.3 Å². The van der Waals surface area contributed by atoms with Gasteiger partial charge in [0.25, 0.3) is 0 Å². The lowest BCUT2D eigenvalue weighted by Crippen LogP contribution is -2.24. The van der Waals surface area contributed by atoms with Gasteiger partial charge in [-0.3, -0.25) is 0 Å². The number of carboxylic acids is 1. The summed E-state index contributed by atoms with van der Waals surface area (Å²) < 4.78 is 5.08. The van der Waals surface area contributed by atoms with E-state index in [1.165, 1.54) is 17.3 Å². The van der Waals surface area contributed by atoms with E-state index in [1.807, 2.05) is 12.1 Å². The van der Waals surface area contributed by atoms with E-state index >= 15 is 0 Å². The van der Waals surface area contributed by atoms with Crippen LogP contribution in [0.15, 0.2) is 18.2 Å². The Hall–Kier alpha value is -1.49. The fourth-order valence-electron chi connectivity index (χ4n) is 3.43. The number of carboxylic acid groups (broad SMARTS) is 1. The summed E-state index contributed by atoms with van der Waals surface area (Å²) in [6.07, 6.45) is 5.96. The Morgan fingerprint density at radius 1 is 1.25 bits per heavy atom. The minimum absolute atomic E-state index is 0.0905. The summed E-state index contributed by atoms with van der Waals surface area (Å²) >= 11 is 1.23. The van der Waals surface area contributed by atoms with Gasteiger partial charge in [-0.2, -0.15) is 0 Å². The van der Waals surface area contributed by atoms with Crippen LogP contribution in [0.5, 0.6) is 0 Å². The molecule has 2 atom stereocenters. The number of hydrogen-bond acceptors (Lipinski definition) is 4. The fourth-order valence-corrected chi connectivity index (χ4v) is 4.59. The molecule has 2 rings (SSSR count). The number of aryl methyl sites for hydroxylation is 1. The van der Waals surface area contributed by atoms with Crippen LogP contribution >= 0.6 is 11.8 Å².